The largest absolute Gasteiger partial charge is 0.295 e. The number of nitrogens with zero attached hydrogens (tertiary/aromatic N) is 1. The lowest BCUT2D eigenvalue weighted by Crippen LogP contribution is -2.32. The maximum Gasteiger partial charge on any atom is 0.258 e. The summed E-state index contributed by atoms with van der Waals surface area (Å²) >= 11 is 0. The number of rotatable bonds is 6. The van der Waals surface area contributed by atoms with E-state index in [-0.39, 0.29) is 4.90 Å². The van der Waals surface area contributed by atoms with Crippen LogP contribution in [0.25, 0.3) is 11.1 Å². The Morgan fingerprint density at radius 1 is 0.686 bits per heavy atom. The fourth-order valence-corrected chi connectivity index (χ4v) is 3.15. The first-order valence-electron chi connectivity index (χ1n) is 9.28. The zero-order valence-corrected chi connectivity index (χ0v) is 17.1. The maximum atomic E-state index is 14.7. The molecule has 0 spiro atoms. The van der Waals surface area contributed by atoms with Crippen LogP contribution in [0.15, 0.2) is 24.3 Å². The van der Waals surface area contributed by atoms with Gasteiger partial charge in [0.15, 0.2) is 58.1 Å². The van der Waals surface area contributed by atoms with Gasteiger partial charge in [-0.25, -0.2) is 40.0 Å². The van der Waals surface area contributed by atoms with Crippen LogP contribution in [0.2, 0.25) is 0 Å². The molecule has 0 radical (unpaired) electrons. The highest BCUT2D eigenvalue weighted by Crippen LogP contribution is 2.41. The van der Waals surface area contributed by atoms with Gasteiger partial charge in [0.1, 0.15) is 5.69 Å². The van der Waals surface area contributed by atoms with Gasteiger partial charge in [-0.1, -0.05) is 0 Å². The Balaban J connectivity index is 2.23. The molecular formula is C22H9F8NO4. The highest BCUT2D eigenvalue weighted by Gasteiger charge is 2.38. The van der Waals surface area contributed by atoms with Gasteiger partial charge in [0.05, 0.1) is 11.1 Å². The van der Waals surface area contributed by atoms with Crippen LogP contribution in [-0.4, -0.2) is 23.4 Å². The number of imide groups is 1. The van der Waals surface area contributed by atoms with Crippen molar-refractivity contribution in [1.82, 2.24) is 0 Å². The molecule has 0 fully saturated rings. The van der Waals surface area contributed by atoms with E-state index in [4.69, 9.17) is 0 Å². The molecule has 0 unspecified atom stereocenters. The van der Waals surface area contributed by atoms with Gasteiger partial charge in [-0.05, 0) is 19.1 Å². The predicted octanol–water partition coefficient (Wildman–Crippen LogP) is 4.15. The lowest BCUT2D eigenvalue weighted by atomic mass is 9.96. The van der Waals surface area contributed by atoms with Gasteiger partial charge in [0.25, 0.3) is 11.8 Å². The summed E-state index contributed by atoms with van der Waals surface area (Å²) in [6.07, 6.45) is 0.960. The Morgan fingerprint density at radius 3 is 1.49 bits per heavy atom. The molecule has 0 N–H and O–H groups in total. The SMILES string of the molecule is CC(=O)/C=C\C(=O)Cc1c(F)c(F)c(-c2c(F)c(F)c(N3C(=O)C=CC3=O)c(F)c2F)c(F)c1F. The minimum atomic E-state index is -2.57. The number of halogens is 8. The Hall–Kier alpha value is -4.16. The Bertz CT molecular complexity index is 1320. The van der Waals surface area contributed by atoms with Crippen molar-refractivity contribution in [1.29, 1.82) is 0 Å². The lowest BCUT2D eigenvalue weighted by Gasteiger charge is -2.19. The van der Waals surface area contributed by atoms with Crippen molar-refractivity contribution in [2.45, 2.75) is 13.3 Å². The van der Waals surface area contributed by atoms with Crippen LogP contribution in [0, 0.1) is 46.5 Å². The number of anilines is 1. The molecule has 0 aromatic heterocycles. The van der Waals surface area contributed by atoms with Gasteiger partial charge < -0.3 is 0 Å². The number of benzene rings is 2. The van der Waals surface area contributed by atoms with Crippen molar-refractivity contribution < 1.29 is 54.3 Å². The predicted molar refractivity (Wildman–Crippen MR) is 102 cm³/mol. The molecule has 1 aliphatic heterocycles. The van der Waals surface area contributed by atoms with Gasteiger partial charge in [-0.2, -0.15) is 0 Å². The molecule has 0 atom stereocenters. The minimum absolute atomic E-state index is 0.308. The number of hydrogen-bond donors (Lipinski definition) is 0. The van der Waals surface area contributed by atoms with Crippen molar-refractivity contribution >= 4 is 29.1 Å². The molecule has 2 amide bonds. The summed E-state index contributed by atoms with van der Waals surface area (Å²) in [6.45, 7) is 1.03. The number of carbonyl (C=O) groups is 4. The first-order valence-corrected chi connectivity index (χ1v) is 9.28. The highest BCUT2D eigenvalue weighted by atomic mass is 19.2. The van der Waals surface area contributed by atoms with Gasteiger partial charge in [0, 0.05) is 24.1 Å². The molecular weight excluding hydrogens is 494 g/mol. The molecule has 0 saturated heterocycles. The average Bonchev–Trinajstić information content (AvgIpc) is 3.13. The molecule has 35 heavy (non-hydrogen) atoms. The van der Waals surface area contributed by atoms with Gasteiger partial charge in [0.2, 0.25) is 0 Å². The first kappa shape index (κ1) is 25.5. The van der Waals surface area contributed by atoms with Gasteiger partial charge in [-0.15, -0.1) is 0 Å². The molecule has 3 rings (SSSR count). The van der Waals surface area contributed by atoms with Crippen molar-refractivity contribution in [3.8, 4) is 11.1 Å². The van der Waals surface area contributed by atoms with Crippen molar-refractivity contribution in [3.63, 3.8) is 0 Å². The molecule has 0 saturated carbocycles. The van der Waals surface area contributed by atoms with E-state index in [9.17, 15) is 54.3 Å². The summed E-state index contributed by atoms with van der Waals surface area (Å²) in [4.78, 5) is 45.5. The second-order valence-corrected chi connectivity index (χ2v) is 7.02. The zero-order valence-electron chi connectivity index (χ0n) is 17.1. The quantitative estimate of drug-likeness (QED) is 0.257. The summed E-state index contributed by atoms with van der Waals surface area (Å²) in [5.41, 5.74) is -7.78. The lowest BCUT2D eigenvalue weighted by molar-refractivity contribution is -0.120. The Morgan fingerprint density at radius 2 is 1.09 bits per heavy atom. The molecule has 2 aromatic rings. The van der Waals surface area contributed by atoms with Crippen molar-refractivity contribution in [2.24, 2.45) is 0 Å². The average molecular weight is 503 g/mol. The fraction of sp³-hybridized carbons (Fsp3) is 0.0909. The normalized spacial score (nSPS) is 13.5. The summed E-state index contributed by atoms with van der Waals surface area (Å²) in [5.74, 6) is -24.3. The number of carbonyl (C=O) groups excluding carboxylic acids is 4. The molecule has 2 aromatic carbocycles. The van der Waals surface area contributed by atoms with E-state index >= 15 is 0 Å². The monoisotopic (exact) mass is 503 g/mol. The number of ketones is 2. The number of hydrogen-bond acceptors (Lipinski definition) is 4. The third-order valence-corrected chi connectivity index (χ3v) is 4.73. The van der Waals surface area contributed by atoms with E-state index in [1.807, 2.05) is 0 Å². The van der Waals surface area contributed by atoms with Crippen LogP contribution < -0.4 is 4.90 Å². The van der Waals surface area contributed by atoms with Crippen LogP contribution in [0.3, 0.4) is 0 Å². The van der Waals surface area contributed by atoms with Gasteiger partial charge >= 0.3 is 0 Å². The molecule has 182 valence electrons. The third kappa shape index (κ3) is 4.24. The second kappa shape index (κ2) is 9.24. The zero-order chi connectivity index (χ0) is 26.4. The van der Waals surface area contributed by atoms with E-state index in [2.05, 4.69) is 0 Å². The topological polar surface area (TPSA) is 71.5 Å². The van der Waals surface area contributed by atoms with E-state index < -0.39 is 98.7 Å². The highest BCUT2D eigenvalue weighted by molar-refractivity contribution is 6.28. The number of allylic oxidation sites excluding steroid dienone is 2. The third-order valence-electron chi connectivity index (χ3n) is 4.73. The number of amides is 2. The van der Waals surface area contributed by atoms with Crippen molar-refractivity contribution in [2.75, 3.05) is 4.90 Å². The van der Waals surface area contributed by atoms with Crippen LogP contribution in [-0.2, 0) is 25.6 Å². The first-order chi connectivity index (χ1) is 16.3. The van der Waals surface area contributed by atoms with Crippen LogP contribution in [0.1, 0.15) is 12.5 Å². The molecule has 0 aliphatic carbocycles. The minimum Gasteiger partial charge on any atom is -0.295 e. The maximum absolute atomic E-state index is 14.7. The standard InChI is InChI=1S/C22H9F8NO4/c1-7(32)2-3-8(33)6-9-14(23)16(25)12(17(26)15(9)24)13-18(27)20(29)22(21(30)19(13)28)31-10(34)4-5-11(31)35/h2-5H,6H2,1H3/b3-2-. The Kier molecular flexibility index (Phi) is 6.72. The van der Waals surface area contributed by atoms with E-state index in [0.29, 0.717) is 24.3 Å². The molecule has 1 aliphatic rings. The smallest absolute Gasteiger partial charge is 0.258 e. The molecule has 1 heterocycles. The van der Waals surface area contributed by atoms with E-state index in [1.54, 1.807) is 0 Å². The van der Waals surface area contributed by atoms with E-state index in [1.165, 1.54) is 0 Å². The van der Waals surface area contributed by atoms with E-state index in [0.717, 1.165) is 6.92 Å². The van der Waals surface area contributed by atoms with Gasteiger partial charge in [-0.3, -0.25) is 19.2 Å². The van der Waals surface area contributed by atoms with Crippen molar-refractivity contribution in [3.05, 3.63) is 76.4 Å². The summed E-state index contributed by atoms with van der Waals surface area (Å²) < 4.78 is 117. The van der Waals surface area contributed by atoms with Crippen LogP contribution >= 0.6 is 0 Å². The fourth-order valence-electron chi connectivity index (χ4n) is 3.15. The molecule has 5 nitrogen and oxygen atoms in total. The molecule has 0 bridgehead atoms. The summed E-state index contributed by atoms with van der Waals surface area (Å²) in [5, 5.41) is 0. The second-order valence-electron chi connectivity index (χ2n) is 7.02. The summed E-state index contributed by atoms with van der Waals surface area (Å²) in [7, 11) is 0. The van der Waals surface area contributed by atoms with Crippen LogP contribution in [0.5, 0.6) is 0 Å². The Labute approximate surface area is 189 Å². The molecule has 13 heteroatoms. The summed E-state index contributed by atoms with van der Waals surface area (Å²) in [6, 6.07) is 0. The van der Waals surface area contributed by atoms with Crippen LogP contribution in [0.4, 0.5) is 40.8 Å².